The molecule has 0 aromatic heterocycles. The molecule has 0 saturated carbocycles. The quantitative estimate of drug-likeness (QED) is 0.240. The Balaban J connectivity index is 2.73. The van der Waals surface area contributed by atoms with Gasteiger partial charge in [-0.05, 0) is 23.8 Å². The van der Waals surface area contributed by atoms with E-state index in [0.29, 0.717) is 5.56 Å². The third-order valence-corrected chi connectivity index (χ3v) is 4.24. The molecule has 134 valence electrons. The van der Waals surface area contributed by atoms with Crippen LogP contribution in [0.25, 0.3) is 11.6 Å². The number of nitro benzene ring substituents is 1. The molecule has 0 fully saturated rings. The molecule has 0 aliphatic carbocycles. The van der Waals surface area contributed by atoms with E-state index < -0.39 is 16.9 Å². The van der Waals surface area contributed by atoms with Gasteiger partial charge in [-0.2, -0.15) is 0 Å². The smallest absolute Gasteiger partial charge is 0.338 e. The second kappa shape index (κ2) is 8.39. The molecule has 8 heteroatoms. The van der Waals surface area contributed by atoms with Crippen LogP contribution in [0.4, 0.5) is 5.69 Å². The average molecular weight is 420 g/mol. The summed E-state index contributed by atoms with van der Waals surface area (Å²) in [7, 11) is 2.36. The lowest BCUT2D eigenvalue weighted by Crippen LogP contribution is -2.11. The summed E-state index contributed by atoms with van der Waals surface area (Å²) in [5.41, 5.74) is 0.506. The highest BCUT2D eigenvalue weighted by Gasteiger charge is 2.23. The summed E-state index contributed by atoms with van der Waals surface area (Å²) in [6.45, 7) is 0. The SMILES string of the molecule is COC(=O)C(=Cc1ccccc1Br)c1ccc([N+](=O)[O-])cc1C(=O)OC. The van der Waals surface area contributed by atoms with Gasteiger partial charge in [0.05, 0.1) is 30.3 Å². The molecule has 2 aromatic rings. The first kappa shape index (κ1) is 19.3. The fraction of sp³-hybridized carbons (Fsp3) is 0.111. The number of rotatable bonds is 5. The predicted molar refractivity (Wildman–Crippen MR) is 98.5 cm³/mol. The van der Waals surface area contributed by atoms with E-state index >= 15 is 0 Å². The molecular weight excluding hydrogens is 406 g/mol. The molecular formula is C18H14BrNO6. The normalized spacial score (nSPS) is 11.0. The van der Waals surface area contributed by atoms with Gasteiger partial charge in [0.2, 0.25) is 0 Å². The molecule has 0 spiro atoms. The summed E-state index contributed by atoms with van der Waals surface area (Å²) in [4.78, 5) is 34.8. The fourth-order valence-electron chi connectivity index (χ4n) is 2.26. The van der Waals surface area contributed by atoms with Crippen LogP contribution >= 0.6 is 15.9 Å². The van der Waals surface area contributed by atoms with Crippen molar-refractivity contribution in [3.05, 3.63) is 73.7 Å². The second-order valence-corrected chi connectivity index (χ2v) is 5.90. The van der Waals surface area contributed by atoms with Crippen LogP contribution in [0.2, 0.25) is 0 Å². The molecule has 0 radical (unpaired) electrons. The Kier molecular flexibility index (Phi) is 6.24. The first-order valence-electron chi connectivity index (χ1n) is 7.30. The van der Waals surface area contributed by atoms with Gasteiger partial charge >= 0.3 is 11.9 Å². The monoisotopic (exact) mass is 419 g/mol. The van der Waals surface area contributed by atoms with Crippen LogP contribution in [0, 0.1) is 10.1 Å². The first-order chi connectivity index (χ1) is 12.4. The van der Waals surface area contributed by atoms with E-state index in [-0.39, 0.29) is 22.4 Å². The topological polar surface area (TPSA) is 95.7 Å². The van der Waals surface area contributed by atoms with E-state index in [1.165, 1.54) is 25.3 Å². The molecule has 0 unspecified atom stereocenters. The zero-order chi connectivity index (χ0) is 19.3. The molecule has 0 atom stereocenters. The van der Waals surface area contributed by atoms with Gasteiger partial charge in [0.1, 0.15) is 0 Å². The van der Waals surface area contributed by atoms with Crippen LogP contribution in [0.5, 0.6) is 0 Å². The lowest BCUT2D eigenvalue weighted by molar-refractivity contribution is -0.384. The van der Waals surface area contributed by atoms with Gasteiger partial charge in [-0.3, -0.25) is 10.1 Å². The fourth-order valence-corrected chi connectivity index (χ4v) is 2.66. The predicted octanol–water partition coefficient (Wildman–Crippen LogP) is 3.86. The van der Waals surface area contributed by atoms with E-state index in [4.69, 9.17) is 9.47 Å². The maximum Gasteiger partial charge on any atom is 0.338 e. The van der Waals surface area contributed by atoms with Crippen LogP contribution in [-0.2, 0) is 14.3 Å². The van der Waals surface area contributed by atoms with Gasteiger partial charge in [0.25, 0.3) is 5.69 Å². The summed E-state index contributed by atoms with van der Waals surface area (Å²) in [6, 6.07) is 10.7. The first-order valence-corrected chi connectivity index (χ1v) is 8.10. The van der Waals surface area contributed by atoms with E-state index in [0.717, 1.165) is 17.6 Å². The molecule has 2 rings (SSSR count). The molecule has 0 bridgehead atoms. The van der Waals surface area contributed by atoms with E-state index in [1.807, 2.05) is 6.07 Å². The molecule has 7 nitrogen and oxygen atoms in total. The largest absolute Gasteiger partial charge is 0.465 e. The number of carbonyl (C=O) groups is 2. The molecule has 0 aliphatic heterocycles. The van der Waals surface area contributed by atoms with Crippen molar-refractivity contribution >= 4 is 45.2 Å². The van der Waals surface area contributed by atoms with E-state index in [1.54, 1.807) is 18.2 Å². The van der Waals surface area contributed by atoms with Crippen LogP contribution in [0.1, 0.15) is 21.5 Å². The van der Waals surface area contributed by atoms with Crippen molar-refractivity contribution in [3.63, 3.8) is 0 Å². The van der Waals surface area contributed by atoms with Crippen LogP contribution in [0.3, 0.4) is 0 Å². The number of hydrogen-bond donors (Lipinski definition) is 0. The number of esters is 2. The zero-order valence-electron chi connectivity index (χ0n) is 13.9. The zero-order valence-corrected chi connectivity index (χ0v) is 15.5. The van der Waals surface area contributed by atoms with Crippen molar-refractivity contribution in [1.29, 1.82) is 0 Å². The molecule has 0 saturated heterocycles. The number of methoxy groups -OCH3 is 2. The number of carbonyl (C=O) groups excluding carboxylic acids is 2. The molecule has 0 amide bonds. The number of benzene rings is 2. The highest BCUT2D eigenvalue weighted by Crippen LogP contribution is 2.29. The van der Waals surface area contributed by atoms with Crippen molar-refractivity contribution < 1.29 is 24.0 Å². The van der Waals surface area contributed by atoms with Crippen molar-refractivity contribution in [2.45, 2.75) is 0 Å². The minimum Gasteiger partial charge on any atom is -0.465 e. The van der Waals surface area contributed by atoms with Gasteiger partial charge < -0.3 is 9.47 Å². The molecule has 0 N–H and O–H groups in total. The number of halogens is 1. The summed E-state index contributed by atoms with van der Waals surface area (Å²) < 4.78 is 10.2. The molecule has 26 heavy (non-hydrogen) atoms. The Morgan fingerprint density at radius 2 is 1.77 bits per heavy atom. The Morgan fingerprint density at radius 1 is 1.08 bits per heavy atom. The Morgan fingerprint density at radius 3 is 2.35 bits per heavy atom. The minimum atomic E-state index is -0.800. The van der Waals surface area contributed by atoms with Gasteiger partial charge in [0, 0.05) is 22.2 Å². The van der Waals surface area contributed by atoms with Crippen molar-refractivity contribution in [3.8, 4) is 0 Å². The highest BCUT2D eigenvalue weighted by atomic mass is 79.9. The number of hydrogen-bond acceptors (Lipinski definition) is 6. The third-order valence-electron chi connectivity index (χ3n) is 3.52. The number of ether oxygens (including phenoxy) is 2. The third kappa shape index (κ3) is 4.15. The molecule has 0 heterocycles. The second-order valence-electron chi connectivity index (χ2n) is 5.05. The molecule has 2 aromatic carbocycles. The van der Waals surface area contributed by atoms with Crippen molar-refractivity contribution in [2.75, 3.05) is 14.2 Å². The summed E-state index contributed by atoms with van der Waals surface area (Å²) in [5, 5.41) is 11.0. The summed E-state index contributed by atoms with van der Waals surface area (Å²) in [5.74, 6) is -1.50. The van der Waals surface area contributed by atoms with E-state index in [2.05, 4.69) is 15.9 Å². The van der Waals surface area contributed by atoms with E-state index in [9.17, 15) is 19.7 Å². The Bertz CT molecular complexity index is 906. The Hall–Kier alpha value is -3.00. The highest BCUT2D eigenvalue weighted by molar-refractivity contribution is 9.10. The van der Waals surface area contributed by atoms with Gasteiger partial charge in [-0.15, -0.1) is 0 Å². The van der Waals surface area contributed by atoms with Crippen molar-refractivity contribution in [2.24, 2.45) is 0 Å². The number of non-ortho nitro benzene ring substituents is 1. The van der Waals surface area contributed by atoms with Crippen molar-refractivity contribution in [1.82, 2.24) is 0 Å². The number of nitrogens with zero attached hydrogens (tertiary/aromatic N) is 1. The number of nitro groups is 1. The molecule has 0 aliphatic rings. The maximum atomic E-state index is 12.3. The summed E-state index contributed by atoms with van der Waals surface area (Å²) >= 11 is 3.38. The van der Waals surface area contributed by atoms with Crippen LogP contribution in [-0.4, -0.2) is 31.1 Å². The van der Waals surface area contributed by atoms with Crippen LogP contribution < -0.4 is 0 Å². The summed E-state index contributed by atoms with van der Waals surface area (Å²) in [6.07, 6.45) is 1.53. The Labute approximate surface area is 157 Å². The minimum absolute atomic E-state index is 0.0645. The maximum absolute atomic E-state index is 12.3. The lowest BCUT2D eigenvalue weighted by Gasteiger charge is -2.11. The van der Waals surface area contributed by atoms with Crippen LogP contribution in [0.15, 0.2) is 46.9 Å². The van der Waals surface area contributed by atoms with Gasteiger partial charge in [0.15, 0.2) is 0 Å². The average Bonchev–Trinajstić information content (AvgIpc) is 2.65. The van der Waals surface area contributed by atoms with Gasteiger partial charge in [-0.1, -0.05) is 34.1 Å². The lowest BCUT2D eigenvalue weighted by atomic mass is 9.97. The van der Waals surface area contributed by atoms with Gasteiger partial charge in [-0.25, -0.2) is 9.59 Å². The standard InChI is InChI=1S/C18H14BrNO6/c1-25-17(21)14(9-11-5-3-4-6-16(11)19)13-8-7-12(20(23)24)10-15(13)18(22)26-2/h3-10H,1-2H3.